The normalized spacial score (nSPS) is 12.8. The van der Waals surface area contributed by atoms with E-state index in [9.17, 15) is 4.79 Å². The molecule has 1 atom stereocenters. The second kappa shape index (κ2) is 4.15. The summed E-state index contributed by atoms with van der Waals surface area (Å²) < 4.78 is 1.62. The predicted octanol–water partition coefficient (Wildman–Crippen LogP) is 0.699. The molecule has 1 heterocycles. The molecule has 0 aromatic carbocycles. The van der Waals surface area contributed by atoms with E-state index in [-0.39, 0.29) is 0 Å². The lowest BCUT2D eigenvalue weighted by Gasteiger charge is -2.08. The molecule has 1 N–H and O–H groups in total. The van der Waals surface area contributed by atoms with Crippen LogP contribution in [0.25, 0.3) is 0 Å². The number of thioether (sulfide) groups is 1. The number of aliphatic carboxylic acids is 1. The molecule has 66 valence electrons. The van der Waals surface area contributed by atoms with E-state index in [0.29, 0.717) is 6.54 Å². The Bertz CT molecular complexity index is 248. The lowest BCUT2D eigenvalue weighted by Crippen LogP contribution is -2.22. The second-order valence-electron chi connectivity index (χ2n) is 2.29. The molecule has 0 aliphatic rings. The SMILES string of the molecule is CS[C@H](Cn1cccn1)C(=O)O. The van der Waals surface area contributed by atoms with Crippen molar-refractivity contribution in [2.24, 2.45) is 0 Å². The topological polar surface area (TPSA) is 55.1 Å². The third-order valence-corrected chi connectivity index (χ3v) is 2.39. The molecule has 12 heavy (non-hydrogen) atoms. The Morgan fingerprint density at radius 2 is 2.58 bits per heavy atom. The minimum atomic E-state index is -0.794. The minimum Gasteiger partial charge on any atom is -0.480 e. The number of aromatic nitrogens is 2. The number of carbonyl (C=O) groups is 1. The van der Waals surface area contributed by atoms with Gasteiger partial charge in [-0.05, 0) is 12.3 Å². The van der Waals surface area contributed by atoms with Gasteiger partial charge in [-0.2, -0.15) is 5.10 Å². The quantitative estimate of drug-likeness (QED) is 0.752. The highest BCUT2D eigenvalue weighted by Gasteiger charge is 2.15. The van der Waals surface area contributed by atoms with E-state index in [1.54, 1.807) is 29.4 Å². The van der Waals surface area contributed by atoms with Crippen molar-refractivity contribution in [3.63, 3.8) is 0 Å². The van der Waals surface area contributed by atoms with Crippen LogP contribution in [0.3, 0.4) is 0 Å². The fraction of sp³-hybridized carbons (Fsp3) is 0.429. The Labute approximate surface area is 74.6 Å². The summed E-state index contributed by atoms with van der Waals surface area (Å²) in [6.07, 6.45) is 5.17. The molecule has 0 amide bonds. The lowest BCUT2D eigenvalue weighted by atomic mass is 10.4. The van der Waals surface area contributed by atoms with Gasteiger partial charge in [0.05, 0.1) is 6.54 Å². The van der Waals surface area contributed by atoms with E-state index in [1.165, 1.54) is 11.8 Å². The molecule has 1 rings (SSSR count). The van der Waals surface area contributed by atoms with Crippen molar-refractivity contribution >= 4 is 17.7 Å². The lowest BCUT2D eigenvalue weighted by molar-refractivity contribution is -0.136. The molecule has 0 spiro atoms. The molecule has 0 unspecified atom stereocenters. The number of nitrogens with zero attached hydrogens (tertiary/aromatic N) is 2. The van der Waals surface area contributed by atoms with Crippen LogP contribution in [0.5, 0.6) is 0 Å². The van der Waals surface area contributed by atoms with Gasteiger partial charge in [-0.15, -0.1) is 11.8 Å². The summed E-state index contributed by atoms with van der Waals surface area (Å²) in [5, 5.41) is 12.2. The highest BCUT2D eigenvalue weighted by molar-refractivity contribution is 7.99. The highest BCUT2D eigenvalue weighted by atomic mass is 32.2. The van der Waals surface area contributed by atoms with E-state index >= 15 is 0 Å². The van der Waals surface area contributed by atoms with Crippen LogP contribution < -0.4 is 0 Å². The average Bonchev–Trinajstić information content (AvgIpc) is 2.51. The zero-order valence-corrected chi connectivity index (χ0v) is 7.49. The molecule has 0 saturated carbocycles. The van der Waals surface area contributed by atoms with Gasteiger partial charge in [0.1, 0.15) is 5.25 Å². The molecule has 0 radical (unpaired) electrons. The van der Waals surface area contributed by atoms with Gasteiger partial charge in [0.15, 0.2) is 0 Å². The first kappa shape index (κ1) is 9.12. The van der Waals surface area contributed by atoms with Crippen molar-refractivity contribution in [2.75, 3.05) is 6.26 Å². The zero-order valence-electron chi connectivity index (χ0n) is 6.67. The summed E-state index contributed by atoms with van der Waals surface area (Å²) in [7, 11) is 0. The van der Waals surface area contributed by atoms with Gasteiger partial charge in [-0.3, -0.25) is 9.48 Å². The Kier molecular flexibility index (Phi) is 3.16. The third-order valence-electron chi connectivity index (χ3n) is 1.47. The van der Waals surface area contributed by atoms with Crippen LogP contribution in [-0.2, 0) is 11.3 Å². The van der Waals surface area contributed by atoms with Gasteiger partial charge in [-0.1, -0.05) is 0 Å². The number of carboxylic acid groups (broad SMARTS) is 1. The Morgan fingerprint density at radius 3 is 3.00 bits per heavy atom. The number of rotatable bonds is 4. The van der Waals surface area contributed by atoms with E-state index in [0.717, 1.165) is 0 Å². The number of hydrogen-bond donors (Lipinski definition) is 1. The third kappa shape index (κ3) is 2.27. The Hall–Kier alpha value is -0.970. The monoisotopic (exact) mass is 186 g/mol. The summed E-state index contributed by atoms with van der Waals surface area (Å²) in [6, 6.07) is 1.78. The maximum Gasteiger partial charge on any atom is 0.318 e. The summed E-state index contributed by atoms with van der Waals surface area (Å²) in [6.45, 7) is 0.420. The van der Waals surface area contributed by atoms with E-state index < -0.39 is 11.2 Å². The van der Waals surface area contributed by atoms with Crippen molar-refractivity contribution in [2.45, 2.75) is 11.8 Å². The first-order valence-electron chi connectivity index (χ1n) is 3.47. The summed E-state index contributed by atoms with van der Waals surface area (Å²) in [4.78, 5) is 10.6. The van der Waals surface area contributed by atoms with Crippen LogP contribution in [0.4, 0.5) is 0 Å². The molecule has 0 saturated heterocycles. The van der Waals surface area contributed by atoms with Gasteiger partial charge in [0.2, 0.25) is 0 Å². The van der Waals surface area contributed by atoms with E-state index in [4.69, 9.17) is 5.11 Å². The largest absolute Gasteiger partial charge is 0.480 e. The van der Waals surface area contributed by atoms with E-state index in [2.05, 4.69) is 5.10 Å². The summed E-state index contributed by atoms with van der Waals surface area (Å²) >= 11 is 1.32. The molecule has 1 aromatic heterocycles. The predicted molar refractivity (Wildman–Crippen MR) is 47.2 cm³/mol. The van der Waals surface area contributed by atoms with Crippen LogP contribution in [0.2, 0.25) is 0 Å². The van der Waals surface area contributed by atoms with Crippen molar-refractivity contribution in [3.05, 3.63) is 18.5 Å². The zero-order chi connectivity index (χ0) is 8.97. The molecule has 1 aromatic rings. The van der Waals surface area contributed by atoms with Gasteiger partial charge < -0.3 is 5.11 Å². The Morgan fingerprint density at radius 1 is 1.83 bits per heavy atom. The highest BCUT2D eigenvalue weighted by Crippen LogP contribution is 2.08. The maximum absolute atomic E-state index is 10.6. The van der Waals surface area contributed by atoms with Gasteiger partial charge in [0, 0.05) is 12.4 Å². The fourth-order valence-electron chi connectivity index (χ4n) is 0.832. The molecule has 0 bridgehead atoms. The van der Waals surface area contributed by atoms with Crippen molar-refractivity contribution in [1.82, 2.24) is 9.78 Å². The van der Waals surface area contributed by atoms with Crippen molar-refractivity contribution in [3.8, 4) is 0 Å². The van der Waals surface area contributed by atoms with Crippen molar-refractivity contribution < 1.29 is 9.90 Å². The van der Waals surface area contributed by atoms with Crippen molar-refractivity contribution in [1.29, 1.82) is 0 Å². The van der Waals surface area contributed by atoms with Gasteiger partial charge in [-0.25, -0.2) is 0 Å². The first-order valence-corrected chi connectivity index (χ1v) is 4.76. The average molecular weight is 186 g/mol. The minimum absolute atomic E-state index is 0.412. The Balaban J connectivity index is 2.54. The summed E-state index contributed by atoms with van der Waals surface area (Å²) in [5.41, 5.74) is 0. The van der Waals surface area contributed by atoms with Gasteiger partial charge in [0.25, 0.3) is 0 Å². The number of carboxylic acids is 1. The maximum atomic E-state index is 10.6. The molecule has 4 nitrogen and oxygen atoms in total. The van der Waals surface area contributed by atoms with Crippen LogP contribution in [-0.4, -0.2) is 32.4 Å². The van der Waals surface area contributed by atoms with Crippen LogP contribution in [0.1, 0.15) is 0 Å². The molecule has 0 aliphatic carbocycles. The second-order valence-corrected chi connectivity index (χ2v) is 3.33. The fourth-order valence-corrected chi connectivity index (χ4v) is 1.34. The first-order chi connectivity index (χ1) is 5.74. The molecular formula is C7H10N2O2S. The molecule has 0 fully saturated rings. The molecule has 5 heteroatoms. The van der Waals surface area contributed by atoms with Crippen LogP contribution in [0, 0.1) is 0 Å². The molecular weight excluding hydrogens is 176 g/mol. The smallest absolute Gasteiger partial charge is 0.318 e. The summed E-state index contributed by atoms with van der Waals surface area (Å²) in [5.74, 6) is -0.794. The molecule has 0 aliphatic heterocycles. The van der Waals surface area contributed by atoms with Crippen LogP contribution >= 0.6 is 11.8 Å². The van der Waals surface area contributed by atoms with Gasteiger partial charge >= 0.3 is 5.97 Å². The van der Waals surface area contributed by atoms with E-state index in [1.807, 2.05) is 0 Å². The van der Waals surface area contributed by atoms with Crippen LogP contribution in [0.15, 0.2) is 18.5 Å². The number of hydrogen-bond acceptors (Lipinski definition) is 3. The standard InChI is InChI=1S/C7H10N2O2S/c1-12-6(7(10)11)5-9-4-2-3-8-9/h2-4,6H,5H2,1H3,(H,10,11)/t6-/m1/s1.